The molecule has 0 spiro atoms. The summed E-state index contributed by atoms with van der Waals surface area (Å²) in [4.78, 5) is 0. The second kappa shape index (κ2) is 3.88. The van der Waals surface area contributed by atoms with Gasteiger partial charge in [0.15, 0.2) is 0 Å². The molecule has 0 bridgehead atoms. The molecule has 2 aromatic rings. The van der Waals surface area contributed by atoms with Gasteiger partial charge in [0.25, 0.3) is 10.1 Å². The van der Waals surface area contributed by atoms with Crippen LogP contribution in [0.15, 0.2) is 36.4 Å². The first-order chi connectivity index (χ1) is 7.46. The van der Waals surface area contributed by atoms with Gasteiger partial charge < -0.3 is 0 Å². The van der Waals surface area contributed by atoms with E-state index in [4.69, 9.17) is 4.55 Å². The molecule has 0 fully saturated rings. The van der Waals surface area contributed by atoms with Gasteiger partial charge in [-0.3, -0.25) is 4.55 Å². The Labute approximate surface area is 94.5 Å². The molecule has 84 valence electrons. The summed E-state index contributed by atoms with van der Waals surface area (Å²) in [5.74, 6) is -0.340. The van der Waals surface area contributed by atoms with Crippen LogP contribution in [0, 0.1) is 6.92 Å². The average molecular weight is 236 g/mol. The van der Waals surface area contributed by atoms with E-state index in [-0.39, 0.29) is 5.75 Å². The molecular formula is C12H12O3S. The Balaban J connectivity index is 2.63. The summed E-state index contributed by atoms with van der Waals surface area (Å²) in [5.41, 5.74) is 1.75. The highest BCUT2D eigenvalue weighted by Gasteiger charge is 2.09. The van der Waals surface area contributed by atoms with Crippen molar-refractivity contribution in [3.63, 3.8) is 0 Å². The monoisotopic (exact) mass is 236 g/mol. The highest BCUT2D eigenvalue weighted by Crippen LogP contribution is 2.21. The van der Waals surface area contributed by atoms with Gasteiger partial charge >= 0.3 is 0 Å². The van der Waals surface area contributed by atoms with Crippen LogP contribution in [0.5, 0.6) is 0 Å². The summed E-state index contributed by atoms with van der Waals surface area (Å²) in [5, 5.41) is 1.85. The molecule has 0 aliphatic rings. The fourth-order valence-electron chi connectivity index (χ4n) is 1.79. The van der Waals surface area contributed by atoms with E-state index in [1.54, 1.807) is 12.1 Å². The van der Waals surface area contributed by atoms with Crippen LogP contribution in [0.1, 0.15) is 11.1 Å². The first-order valence-electron chi connectivity index (χ1n) is 4.89. The van der Waals surface area contributed by atoms with Gasteiger partial charge in [-0.05, 0) is 23.3 Å². The molecule has 1 N–H and O–H groups in total. The Hall–Kier alpha value is -1.39. The quantitative estimate of drug-likeness (QED) is 0.815. The minimum absolute atomic E-state index is 0.340. The summed E-state index contributed by atoms with van der Waals surface area (Å²) in [6, 6.07) is 11.2. The second-order valence-corrected chi connectivity index (χ2v) is 5.32. The smallest absolute Gasteiger partial charge is 0.269 e. The third kappa shape index (κ3) is 2.40. The summed E-state index contributed by atoms with van der Waals surface area (Å²) in [6.45, 7) is 1.98. The van der Waals surface area contributed by atoms with Crippen LogP contribution in [0.3, 0.4) is 0 Å². The fourth-order valence-corrected chi connectivity index (χ4v) is 2.44. The fraction of sp³-hybridized carbons (Fsp3) is 0.167. The lowest BCUT2D eigenvalue weighted by atomic mass is 10.0. The number of hydrogen-bond acceptors (Lipinski definition) is 2. The van der Waals surface area contributed by atoms with Crippen molar-refractivity contribution < 1.29 is 13.0 Å². The van der Waals surface area contributed by atoms with Gasteiger partial charge in [0.1, 0.15) is 5.75 Å². The predicted molar refractivity (Wildman–Crippen MR) is 63.9 cm³/mol. The van der Waals surface area contributed by atoms with E-state index in [1.165, 1.54) is 0 Å². The lowest BCUT2D eigenvalue weighted by Gasteiger charge is -2.05. The molecule has 2 rings (SSSR count). The van der Waals surface area contributed by atoms with E-state index in [0.717, 1.165) is 16.3 Å². The zero-order valence-electron chi connectivity index (χ0n) is 8.84. The summed E-state index contributed by atoms with van der Waals surface area (Å²) < 4.78 is 30.6. The molecule has 0 saturated carbocycles. The van der Waals surface area contributed by atoms with Gasteiger partial charge in [-0.25, -0.2) is 0 Å². The summed E-state index contributed by atoms with van der Waals surface area (Å²) in [7, 11) is -3.98. The van der Waals surface area contributed by atoms with Gasteiger partial charge in [0, 0.05) is 0 Å². The van der Waals surface area contributed by atoms with E-state index in [0.29, 0.717) is 5.56 Å². The molecule has 2 aromatic carbocycles. The lowest BCUT2D eigenvalue weighted by molar-refractivity contribution is 0.482. The molecule has 0 aliphatic heterocycles. The summed E-state index contributed by atoms with van der Waals surface area (Å²) in [6.07, 6.45) is 0. The molecule has 0 atom stereocenters. The molecule has 0 heterocycles. The zero-order chi connectivity index (χ0) is 11.8. The minimum atomic E-state index is -3.98. The van der Waals surface area contributed by atoms with Crippen molar-refractivity contribution in [2.24, 2.45) is 0 Å². The van der Waals surface area contributed by atoms with Crippen LogP contribution >= 0.6 is 0 Å². The van der Waals surface area contributed by atoms with Crippen molar-refractivity contribution in [1.29, 1.82) is 0 Å². The Kier molecular flexibility index (Phi) is 2.69. The van der Waals surface area contributed by atoms with Crippen molar-refractivity contribution in [3.05, 3.63) is 47.5 Å². The number of fused-ring (bicyclic) bond motifs is 1. The third-order valence-corrected chi connectivity index (χ3v) is 3.14. The molecule has 0 radical (unpaired) electrons. The second-order valence-electron chi connectivity index (χ2n) is 3.87. The molecule has 16 heavy (non-hydrogen) atoms. The van der Waals surface area contributed by atoms with Crippen molar-refractivity contribution in [2.75, 3.05) is 0 Å². The van der Waals surface area contributed by atoms with Crippen molar-refractivity contribution >= 4 is 20.9 Å². The molecule has 0 unspecified atom stereocenters. The van der Waals surface area contributed by atoms with Gasteiger partial charge in [-0.2, -0.15) is 8.42 Å². The van der Waals surface area contributed by atoms with E-state index in [9.17, 15) is 8.42 Å². The molecule has 0 aromatic heterocycles. The Morgan fingerprint density at radius 3 is 2.62 bits per heavy atom. The molecule has 0 amide bonds. The first-order valence-corrected chi connectivity index (χ1v) is 6.50. The van der Waals surface area contributed by atoms with Crippen molar-refractivity contribution in [1.82, 2.24) is 0 Å². The van der Waals surface area contributed by atoms with Crippen LogP contribution in [0.2, 0.25) is 0 Å². The molecule has 0 saturated heterocycles. The van der Waals surface area contributed by atoms with E-state index in [1.807, 2.05) is 31.2 Å². The van der Waals surface area contributed by atoms with Crippen LogP contribution in [-0.2, 0) is 15.9 Å². The van der Waals surface area contributed by atoms with Gasteiger partial charge in [-0.1, -0.05) is 42.0 Å². The molecule has 3 nitrogen and oxygen atoms in total. The SMILES string of the molecule is Cc1ccc2c(CS(=O)(=O)O)cccc2c1. The largest absolute Gasteiger partial charge is 0.285 e. The molecule has 0 aliphatic carbocycles. The lowest BCUT2D eigenvalue weighted by Crippen LogP contribution is -2.01. The van der Waals surface area contributed by atoms with E-state index in [2.05, 4.69) is 0 Å². The maximum atomic E-state index is 10.9. The third-order valence-electron chi connectivity index (χ3n) is 2.46. The van der Waals surface area contributed by atoms with Gasteiger partial charge in [0.05, 0.1) is 0 Å². The number of hydrogen-bond donors (Lipinski definition) is 1. The average Bonchev–Trinajstić information content (AvgIpc) is 2.15. The summed E-state index contributed by atoms with van der Waals surface area (Å²) >= 11 is 0. The van der Waals surface area contributed by atoms with Crippen LogP contribution < -0.4 is 0 Å². The normalized spacial score (nSPS) is 11.9. The van der Waals surface area contributed by atoms with Gasteiger partial charge in [0.2, 0.25) is 0 Å². The van der Waals surface area contributed by atoms with Crippen LogP contribution in [0.25, 0.3) is 10.8 Å². The maximum Gasteiger partial charge on any atom is 0.269 e. The van der Waals surface area contributed by atoms with E-state index >= 15 is 0 Å². The van der Waals surface area contributed by atoms with Crippen LogP contribution in [0.4, 0.5) is 0 Å². The Morgan fingerprint density at radius 1 is 1.19 bits per heavy atom. The minimum Gasteiger partial charge on any atom is -0.285 e. The first kappa shape index (κ1) is 11.1. The molecular weight excluding hydrogens is 224 g/mol. The highest BCUT2D eigenvalue weighted by atomic mass is 32.2. The van der Waals surface area contributed by atoms with Crippen molar-refractivity contribution in [2.45, 2.75) is 12.7 Å². The Morgan fingerprint density at radius 2 is 1.94 bits per heavy atom. The van der Waals surface area contributed by atoms with Crippen molar-refractivity contribution in [3.8, 4) is 0 Å². The predicted octanol–water partition coefficient (Wildman–Crippen LogP) is 2.54. The number of rotatable bonds is 2. The zero-order valence-corrected chi connectivity index (χ0v) is 9.66. The molecule has 4 heteroatoms. The topological polar surface area (TPSA) is 54.4 Å². The van der Waals surface area contributed by atoms with E-state index < -0.39 is 10.1 Å². The number of benzene rings is 2. The highest BCUT2D eigenvalue weighted by molar-refractivity contribution is 7.85. The van der Waals surface area contributed by atoms with Gasteiger partial charge in [-0.15, -0.1) is 0 Å². The standard InChI is InChI=1S/C12H12O3S/c1-9-5-6-12-10(7-9)3-2-4-11(12)8-16(13,14)15/h2-7H,8H2,1H3,(H,13,14,15). The maximum absolute atomic E-state index is 10.9. The van der Waals surface area contributed by atoms with Crippen LogP contribution in [-0.4, -0.2) is 13.0 Å². The number of aryl methyl sites for hydroxylation is 1. The Bertz CT molecular complexity index is 630.